The SMILES string of the molecule is CC(O)C1CCN(c2nc(C(F)(F)F)ccc2C(N)=S)C1. The molecule has 1 aromatic heterocycles. The largest absolute Gasteiger partial charge is 0.433 e. The lowest BCUT2D eigenvalue weighted by molar-refractivity contribution is -0.141. The summed E-state index contributed by atoms with van der Waals surface area (Å²) in [5.74, 6) is 0.140. The topological polar surface area (TPSA) is 62.4 Å². The van der Waals surface area contributed by atoms with E-state index in [1.807, 2.05) is 0 Å². The molecule has 2 atom stereocenters. The van der Waals surface area contributed by atoms with Gasteiger partial charge in [0, 0.05) is 19.0 Å². The number of aromatic nitrogens is 1. The van der Waals surface area contributed by atoms with Crippen LogP contribution in [0.1, 0.15) is 24.6 Å². The highest BCUT2D eigenvalue weighted by molar-refractivity contribution is 7.80. The Labute approximate surface area is 125 Å². The molecule has 8 heteroatoms. The number of rotatable bonds is 3. The summed E-state index contributed by atoms with van der Waals surface area (Å²) in [5, 5.41) is 9.60. The van der Waals surface area contributed by atoms with Gasteiger partial charge < -0.3 is 15.7 Å². The molecule has 0 amide bonds. The second-order valence-electron chi connectivity index (χ2n) is 5.17. The first-order valence-electron chi connectivity index (χ1n) is 6.51. The van der Waals surface area contributed by atoms with Crippen LogP contribution >= 0.6 is 12.2 Å². The van der Waals surface area contributed by atoms with Gasteiger partial charge >= 0.3 is 6.18 Å². The van der Waals surface area contributed by atoms with Crippen molar-refractivity contribution in [3.05, 3.63) is 23.4 Å². The summed E-state index contributed by atoms with van der Waals surface area (Å²) in [6, 6.07) is 2.13. The molecule has 0 spiro atoms. The van der Waals surface area contributed by atoms with E-state index in [0.717, 1.165) is 6.07 Å². The van der Waals surface area contributed by atoms with Gasteiger partial charge in [-0.2, -0.15) is 13.2 Å². The molecule has 1 fully saturated rings. The van der Waals surface area contributed by atoms with Crippen molar-refractivity contribution in [1.29, 1.82) is 0 Å². The maximum atomic E-state index is 12.8. The number of hydrogen-bond acceptors (Lipinski definition) is 4. The maximum Gasteiger partial charge on any atom is 0.433 e. The van der Waals surface area contributed by atoms with Crippen LogP contribution in [0, 0.1) is 5.92 Å². The number of hydrogen-bond donors (Lipinski definition) is 2. The highest BCUT2D eigenvalue weighted by Gasteiger charge is 2.35. The predicted octanol–water partition coefficient (Wildman–Crippen LogP) is 1.94. The molecule has 116 valence electrons. The number of thiocarbonyl (C=S) groups is 1. The Kier molecular flexibility index (Phi) is 4.38. The lowest BCUT2D eigenvalue weighted by Crippen LogP contribution is -2.28. The molecule has 21 heavy (non-hydrogen) atoms. The smallest absolute Gasteiger partial charge is 0.393 e. The van der Waals surface area contributed by atoms with Gasteiger partial charge in [0.05, 0.1) is 11.7 Å². The van der Waals surface area contributed by atoms with Crippen LogP contribution in [0.15, 0.2) is 12.1 Å². The Morgan fingerprint density at radius 1 is 1.52 bits per heavy atom. The highest BCUT2D eigenvalue weighted by atomic mass is 32.1. The second-order valence-corrected chi connectivity index (χ2v) is 5.60. The molecule has 4 nitrogen and oxygen atoms in total. The zero-order valence-corrected chi connectivity index (χ0v) is 12.2. The van der Waals surface area contributed by atoms with Crippen LogP contribution < -0.4 is 10.6 Å². The minimum absolute atomic E-state index is 0.000499. The van der Waals surface area contributed by atoms with Crippen LogP contribution in [-0.4, -0.2) is 34.3 Å². The van der Waals surface area contributed by atoms with E-state index in [9.17, 15) is 18.3 Å². The molecule has 0 radical (unpaired) electrons. The van der Waals surface area contributed by atoms with E-state index in [2.05, 4.69) is 4.98 Å². The van der Waals surface area contributed by atoms with Gasteiger partial charge in [-0.1, -0.05) is 12.2 Å². The van der Waals surface area contributed by atoms with Crippen LogP contribution in [0.25, 0.3) is 0 Å². The molecule has 1 aliphatic heterocycles. The Balaban J connectivity index is 2.38. The molecule has 2 rings (SSSR count). The first-order valence-corrected chi connectivity index (χ1v) is 6.92. The third-order valence-electron chi connectivity index (χ3n) is 3.64. The quantitative estimate of drug-likeness (QED) is 0.834. The van der Waals surface area contributed by atoms with Gasteiger partial charge in [-0.25, -0.2) is 4.98 Å². The number of anilines is 1. The summed E-state index contributed by atoms with van der Waals surface area (Å²) >= 11 is 4.88. The fraction of sp³-hybridized carbons (Fsp3) is 0.538. The van der Waals surface area contributed by atoms with Crippen molar-refractivity contribution in [2.24, 2.45) is 11.7 Å². The monoisotopic (exact) mass is 319 g/mol. The fourth-order valence-electron chi connectivity index (χ4n) is 2.41. The van der Waals surface area contributed by atoms with Gasteiger partial charge in [0.1, 0.15) is 16.5 Å². The van der Waals surface area contributed by atoms with Crippen LogP contribution in [-0.2, 0) is 6.18 Å². The molecule has 0 aromatic carbocycles. The molecule has 0 aliphatic carbocycles. The Morgan fingerprint density at radius 2 is 2.19 bits per heavy atom. The van der Waals surface area contributed by atoms with Crippen LogP contribution in [0.4, 0.5) is 19.0 Å². The van der Waals surface area contributed by atoms with E-state index < -0.39 is 18.0 Å². The minimum atomic E-state index is -4.52. The van der Waals surface area contributed by atoms with Crippen LogP contribution in [0.3, 0.4) is 0 Å². The van der Waals surface area contributed by atoms with E-state index in [4.69, 9.17) is 18.0 Å². The van der Waals surface area contributed by atoms with E-state index >= 15 is 0 Å². The van der Waals surface area contributed by atoms with E-state index in [1.165, 1.54) is 6.07 Å². The van der Waals surface area contributed by atoms with E-state index in [-0.39, 0.29) is 16.7 Å². The molecule has 1 saturated heterocycles. The van der Waals surface area contributed by atoms with Crippen molar-refractivity contribution in [2.75, 3.05) is 18.0 Å². The number of pyridine rings is 1. The highest BCUT2D eigenvalue weighted by Crippen LogP contribution is 2.32. The Hall–Kier alpha value is -1.41. The number of nitrogens with two attached hydrogens (primary N) is 1. The minimum Gasteiger partial charge on any atom is -0.393 e. The predicted molar refractivity (Wildman–Crippen MR) is 77.1 cm³/mol. The molecular weight excluding hydrogens is 303 g/mol. The van der Waals surface area contributed by atoms with E-state index in [0.29, 0.717) is 25.1 Å². The van der Waals surface area contributed by atoms with Crippen molar-refractivity contribution in [3.8, 4) is 0 Å². The van der Waals surface area contributed by atoms with Crippen molar-refractivity contribution >= 4 is 23.0 Å². The standard InChI is InChI=1S/C13H16F3N3OS/c1-7(20)8-4-5-19(6-8)12-9(11(17)21)2-3-10(18-12)13(14,15)16/h2-3,7-8,20H,4-6H2,1H3,(H2,17,21). The fourth-order valence-corrected chi connectivity index (χ4v) is 2.57. The summed E-state index contributed by atoms with van der Waals surface area (Å²) in [5.41, 5.74) is 4.92. The summed E-state index contributed by atoms with van der Waals surface area (Å²) in [7, 11) is 0. The van der Waals surface area contributed by atoms with Crippen LogP contribution in [0.2, 0.25) is 0 Å². The number of aliphatic hydroxyl groups excluding tert-OH is 1. The molecule has 0 bridgehead atoms. The molecule has 1 aromatic rings. The number of halogens is 3. The number of nitrogens with zero attached hydrogens (tertiary/aromatic N) is 2. The van der Waals surface area contributed by atoms with Gasteiger partial charge in [0.2, 0.25) is 0 Å². The van der Waals surface area contributed by atoms with Crippen molar-refractivity contribution in [3.63, 3.8) is 0 Å². The third-order valence-corrected chi connectivity index (χ3v) is 3.86. The summed E-state index contributed by atoms with van der Waals surface area (Å²) in [4.78, 5) is 5.39. The van der Waals surface area contributed by atoms with Gasteiger partial charge in [-0.15, -0.1) is 0 Å². The van der Waals surface area contributed by atoms with Gasteiger partial charge in [0.15, 0.2) is 0 Å². The average Bonchev–Trinajstić information content (AvgIpc) is 2.86. The molecule has 0 saturated carbocycles. The number of aliphatic hydroxyl groups is 1. The maximum absolute atomic E-state index is 12.8. The lowest BCUT2D eigenvalue weighted by Gasteiger charge is -2.22. The van der Waals surface area contributed by atoms with Gasteiger partial charge in [0.25, 0.3) is 0 Å². The Morgan fingerprint density at radius 3 is 2.67 bits per heavy atom. The van der Waals surface area contributed by atoms with Crippen molar-refractivity contribution < 1.29 is 18.3 Å². The van der Waals surface area contributed by atoms with Gasteiger partial charge in [-0.05, 0) is 25.5 Å². The summed E-state index contributed by atoms with van der Waals surface area (Å²) in [6.45, 7) is 2.61. The van der Waals surface area contributed by atoms with Crippen molar-refractivity contribution in [1.82, 2.24) is 4.98 Å². The summed E-state index contributed by atoms with van der Waals surface area (Å²) < 4.78 is 38.4. The zero-order valence-electron chi connectivity index (χ0n) is 11.4. The van der Waals surface area contributed by atoms with Crippen LogP contribution in [0.5, 0.6) is 0 Å². The summed E-state index contributed by atoms with van der Waals surface area (Å²) in [6.07, 6.45) is -4.35. The molecule has 1 aliphatic rings. The first-order chi connectivity index (χ1) is 9.70. The van der Waals surface area contributed by atoms with Gasteiger partial charge in [-0.3, -0.25) is 0 Å². The lowest BCUT2D eigenvalue weighted by atomic mass is 10.0. The molecular formula is C13H16F3N3OS. The van der Waals surface area contributed by atoms with E-state index in [1.54, 1.807) is 11.8 Å². The Bertz CT molecular complexity index is 548. The molecule has 2 heterocycles. The normalized spacial score (nSPS) is 20.6. The average molecular weight is 319 g/mol. The molecule has 3 N–H and O–H groups in total. The molecule has 2 unspecified atom stereocenters. The second kappa shape index (κ2) is 5.76. The third kappa shape index (κ3) is 3.44. The van der Waals surface area contributed by atoms with Crippen molar-refractivity contribution in [2.45, 2.75) is 25.6 Å². The zero-order chi connectivity index (χ0) is 15.8. The first kappa shape index (κ1) is 16.0. The number of alkyl halides is 3.